The van der Waals surface area contributed by atoms with Gasteiger partial charge in [-0.15, -0.1) is 0 Å². The maximum absolute atomic E-state index is 10.4. The van der Waals surface area contributed by atoms with Gasteiger partial charge in [-0.2, -0.15) is 8.42 Å². The Labute approximate surface area is 69.4 Å². The molecule has 5 nitrogen and oxygen atoms in total. The van der Waals surface area contributed by atoms with Crippen LogP contribution in [0.3, 0.4) is 0 Å². The smallest absolute Gasteiger partial charge is 0.296 e. The highest BCUT2D eigenvalue weighted by Gasteiger charge is 2.21. The highest BCUT2D eigenvalue weighted by atomic mass is 32.2. The van der Waals surface area contributed by atoms with Crippen molar-refractivity contribution in [2.45, 2.75) is 5.44 Å². The van der Waals surface area contributed by atoms with Crippen molar-refractivity contribution in [1.82, 2.24) is 4.98 Å². The van der Waals surface area contributed by atoms with E-state index in [4.69, 9.17) is 9.66 Å². The Kier molecular flexibility index (Phi) is 2.41. The molecule has 0 amide bonds. The molecule has 0 saturated heterocycles. The fraction of sp³-hybridized carbons (Fsp3) is 0.167. The first-order chi connectivity index (χ1) is 5.52. The third-order valence-electron chi connectivity index (χ3n) is 1.25. The summed E-state index contributed by atoms with van der Waals surface area (Å²) < 4.78 is 29.3. The summed E-state index contributed by atoms with van der Waals surface area (Å²) in [7, 11) is -4.44. The number of pyridine rings is 1. The summed E-state index contributed by atoms with van der Waals surface area (Å²) in [5.74, 6) is 0. The molecule has 0 fully saturated rings. The molecule has 1 aromatic heterocycles. The van der Waals surface area contributed by atoms with E-state index < -0.39 is 15.6 Å². The lowest BCUT2D eigenvalue weighted by Gasteiger charge is -2.05. The van der Waals surface area contributed by atoms with Crippen LogP contribution < -0.4 is 0 Å². The van der Waals surface area contributed by atoms with Crippen LogP contribution in [0.4, 0.5) is 0 Å². The van der Waals surface area contributed by atoms with E-state index in [9.17, 15) is 8.42 Å². The van der Waals surface area contributed by atoms with E-state index >= 15 is 0 Å². The molecule has 0 aromatic carbocycles. The lowest BCUT2D eigenvalue weighted by molar-refractivity contribution is 0.238. The fourth-order valence-electron chi connectivity index (χ4n) is 0.694. The van der Waals surface area contributed by atoms with E-state index in [0.29, 0.717) is 0 Å². The first-order valence-electron chi connectivity index (χ1n) is 3.06. The Morgan fingerprint density at radius 2 is 2.17 bits per heavy atom. The van der Waals surface area contributed by atoms with E-state index in [0.717, 1.165) is 0 Å². The second-order valence-corrected chi connectivity index (χ2v) is 3.63. The van der Waals surface area contributed by atoms with Crippen molar-refractivity contribution in [3.8, 4) is 0 Å². The Balaban J connectivity index is 3.02. The Bertz CT molecular complexity index is 347. The average molecular weight is 189 g/mol. The van der Waals surface area contributed by atoms with Crippen molar-refractivity contribution >= 4 is 10.1 Å². The first-order valence-corrected chi connectivity index (χ1v) is 4.56. The molecule has 2 N–H and O–H groups in total. The van der Waals surface area contributed by atoms with E-state index in [-0.39, 0.29) is 5.56 Å². The van der Waals surface area contributed by atoms with Gasteiger partial charge in [0.2, 0.25) is 5.44 Å². The van der Waals surface area contributed by atoms with Gasteiger partial charge in [0.25, 0.3) is 10.1 Å². The Morgan fingerprint density at radius 1 is 1.50 bits per heavy atom. The Hall–Kier alpha value is -0.980. The molecule has 0 spiro atoms. The number of aliphatic hydroxyl groups excluding tert-OH is 1. The van der Waals surface area contributed by atoms with Crippen molar-refractivity contribution < 1.29 is 18.1 Å². The van der Waals surface area contributed by atoms with Crippen molar-refractivity contribution in [1.29, 1.82) is 0 Å². The molecule has 1 rings (SSSR count). The minimum Gasteiger partial charge on any atom is -0.371 e. The summed E-state index contributed by atoms with van der Waals surface area (Å²) in [4.78, 5) is 3.58. The van der Waals surface area contributed by atoms with Crippen LogP contribution in [0.2, 0.25) is 0 Å². The maximum atomic E-state index is 10.4. The number of aliphatic hydroxyl groups is 1. The first kappa shape index (κ1) is 9.11. The quantitative estimate of drug-likeness (QED) is 0.637. The molecule has 0 aliphatic rings. The number of hydrogen-bond acceptors (Lipinski definition) is 4. The molecule has 6 heteroatoms. The van der Waals surface area contributed by atoms with Crippen molar-refractivity contribution in [3.63, 3.8) is 0 Å². The summed E-state index contributed by atoms with van der Waals surface area (Å²) in [5.41, 5.74) is -1.87. The lowest BCUT2D eigenvalue weighted by atomic mass is 10.3. The van der Waals surface area contributed by atoms with Crippen molar-refractivity contribution in [3.05, 3.63) is 30.1 Å². The molecule has 0 saturated carbocycles. The monoisotopic (exact) mass is 189 g/mol. The summed E-state index contributed by atoms with van der Waals surface area (Å²) in [6.45, 7) is 0. The third kappa shape index (κ3) is 2.00. The van der Waals surface area contributed by atoms with E-state index in [1.165, 1.54) is 24.5 Å². The highest BCUT2D eigenvalue weighted by molar-refractivity contribution is 7.85. The second kappa shape index (κ2) is 3.18. The van der Waals surface area contributed by atoms with Crippen LogP contribution in [0.25, 0.3) is 0 Å². The molecule has 0 aliphatic heterocycles. The molecule has 0 bridgehead atoms. The number of nitrogens with zero attached hydrogens (tertiary/aromatic N) is 1. The van der Waals surface area contributed by atoms with Gasteiger partial charge in [-0.25, -0.2) is 0 Å². The van der Waals surface area contributed by atoms with Gasteiger partial charge in [-0.05, 0) is 6.07 Å². The molecule has 1 aromatic rings. The summed E-state index contributed by atoms with van der Waals surface area (Å²) in [6.07, 6.45) is 2.60. The zero-order valence-corrected chi connectivity index (χ0v) is 6.77. The predicted molar refractivity (Wildman–Crippen MR) is 40.7 cm³/mol. The van der Waals surface area contributed by atoms with E-state index in [1.807, 2.05) is 0 Å². The minimum atomic E-state index is -4.44. The van der Waals surface area contributed by atoms with Crippen LogP contribution in [0, 0.1) is 0 Å². The molecule has 1 atom stereocenters. The summed E-state index contributed by atoms with van der Waals surface area (Å²) in [6, 6.07) is 2.81. The van der Waals surface area contributed by atoms with Crippen LogP contribution in [-0.2, 0) is 10.1 Å². The van der Waals surface area contributed by atoms with Crippen LogP contribution >= 0.6 is 0 Å². The van der Waals surface area contributed by atoms with Crippen molar-refractivity contribution in [2.24, 2.45) is 0 Å². The molecule has 0 radical (unpaired) electrons. The summed E-state index contributed by atoms with van der Waals surface area (Å²) >= 11 is 0. The van der Waals surface area contributed by atoms with Gasteiger partial charge in [-0.3, -0.25) is 9.54 Å². The number of aromatic nitrogens is 1. The van der Waals surface area contributed by atoms with Crippen LogP contribution in [-0.4, -0.2) is 23.1 Å². The van der Waals surface area contributed by atoms with Gasteiger partial charge in [0.05, 0.1) is 0 Å². The average Bonchev–Trinajstić information content (AvgIpc) is 2.03. The number of rotatable bonds is 2. The maximum Gasteiger partial charge on any atom is 0.296 e. The van der Waals surface area contributed by atoms with E-state index in [2.05, 4.69) is 4.98 Å². The molecule has 1 heterocycles. The van der Waals surface area contributed by atoms with Crippen molar-refractivity contribution in [2.75, 3.05) is 0 Å². The largest absolute Gasteiger partial charge is 0.371 e. The van der Waals surface area contributed by atoms with Crippen LogP contribution in [0.5, 0.6) is 0 Å². The van der Waals surface area contributed by atoms with Gasteiger partial charge in [-0.1, -0.05) is 6.07 Å². The second-order valence-electron chi connectivity index (χ2n) is 2.15. The van der Waals surface area contributed by atoms with Crippen LogP contribution in [0.15, 0.2) is 24.5 Å². The van der Waals surface area contributed by atoms with Gasteiger partial charge in [0.15, 0.2) is 0 Å². The molecule has 12 heavy (non-hydrogen) atoms. The van der Waals surface area contributed by atoms with Gasteiger partial charge >= 0.3 is 0 Å². The summed E-state index contributed by atoms with van der Waals surface area (Å²) in [5, 5.41) is 8.98. The Morgan fingerprint density at radius 3 is 2.58 bits per heavy atom. The molecule has 0 aliphatic carbocycles. The molecule has 1 unspecified atom stereocenters. The zero-order chi connectivity index (χ0) is 9.19. The molecule has 66 valence electrons. The molecular formula is C6H7NO4S. The van der Waals surface area contributed by atoms with E-state index in [1.54, 1.807) is 0 Å². The fourth-order valence-corrected chi connectivity index (χ4v) is 1.18. The third-order valence-corrected chi connectivity index (χ3v) is 2.09. The number of hydrogen-bond donors (Lipinski definition) is 2. The van der Waals surface area contributed by atoms with Gasteiger partial charge in [0.1, 0.15) is 0 Å². The zero-order valence-electron chi connectivity index (χ0n) is 5.95. The normalized spacial score (nSPS) is 14.2. The van der Waals surface area contributed by atoms with Gasteiger partial charge in [0, 0.05) is 18.0 Å². The van der Waals surface area contributed by atoms with Gasteiger partial charge < -0.3 is 5.11 Å². The topological polar surface area (TPSA) is 87.5 Å². The standard InChI is InChI=1S/C6H7NO4S/c8-6(12(9,10)11)5-2-1-3-7-4-5/h1-4,6,8H,(H,9,10,11). The highest BCUT2D eigenvalue weighted by Crippen LogP contribution is 2.15. The lowest BCUT2D eigenvalue weighted by Crippen LogP contribution is -2.11. The molecular weight excluding hydrogens is 182 g/mol. The SMILES string of the molecule is O=S(=O)(O)C(O)c1cccnc1. The minimum absolute atomic E-state index is 0.0417. The predicted octanol–water partition coefficient (Wildman–Crippen LogP) is -0.0397. The van der Waals surface area contributed by atoms with Crippen LogP contribution in [0.1, 0.15) is 11.0 Å².